The van der Waals surface area contributed by atoms with Crippen LogP contribution < -0.4 is 10.4 Å². The Morgan fingerprint density at radius 1 is 1.11 bits per heavy atom. The standard InChI is InChI=1S/C22H28ClN3O/c1-26(2)21-12-10-18(11-13-21)17-8-6-16(7-9-17)14-22(25-27)24-20-5-3-4-19(23)15-20/h3-5,10-13,15-17,27H,6-9,14H2,1-2H3,(H,24,25). The van der Waals surface area contributed by atoms with Gasteiger partial charge in [0.05, 0.1) is 5.69 Å². The van der Waals surface area contributed by atoms with Gasteiger partial charge in [0.25, 0.3) is 0 Å². The second-order valence-electron chi connectivity index (χ2n) is 7.56. The number of hydroxylamine groups is 1. The van der Waals surface area contributed by atoms with Gasteiger partial charge in [-0.15, -0.1) is 0 Å². The van der Waals surface area contributed by atoms with Crippen molar-refractivity contribution in [1.82, 2.24) is 5.48 Å². The molecule has 4 nitrogen and oxygen atoms in total. The number of hydrogen-bond acceptors (Lipinski definition) is 3. The molecule has 1 aliphatic carbocycles. The molecule has 0 aromatic heterocycles. The molecule has 1 fully saturated rings. The molecule has 5 heteroatoms. The van der Waals surface area contributed by atoms with Gasteiger partial charge in [-0.05, 0) is 73.4 Å². The van der Waals surface area contributed by atoms with Crippen molar-refractivity contribution >= 4 is 28.8 Å². The van der Waals surface area contributed by atoms with Crippen molar-refractivity contribution in [3.8, 4) is 0 Å². The molecule has 0 amide bonds. The Labute approximate surface area is 166 Å². The number of hydrogen-bond donors (Lipinski definition) is 2. The van der Waals surface area contributed by atoms with Gasteiger partial charge in [-0.3, -0.25) is 10.7 Å². The lowest BCUT2D eigenvalue weighted by atomic mass is 9.77. The van der Waals surface area contributed by atoms with Gasteiger partial charge in [0, 0.05) is 31.2 Å². The molecular weight excluding hydrogens is 358 g/mol. The summed E-state index contributed by atoms with van der Waals surface area (Å²) >= 11 is 6.01. The zero-order chi connectivity index (χ0) is 19.2. The van der Waals surface area contributed by atoms with E-state index >= 15 is 0 Å². The third kappa shape index (κ3) is 5.47. The fraction of sp³-hybridized carbons (Fsp3) is 0.409. The first kappa shape index (κ1) is 19.7. The van der Waals surface area contributed by atoms with Crippen molar-refractivity contribution in [2.45, 2.75) is 38.0 Å². The Bertz CT molecular complexity index is 765. The predicted molar refractivity (Wildman–Crippen MR) is 114 cm³/mol. The first-order chi connectivity index (χ1) is 13.0. The van der Waals surface area contributed by atoms with E-state index in [1.165, 1.54) is 24.1 Å². The third-order valence-corrected chi connectivity index (χ3v) is 5.65. The lowest BCUT2D eigenvalue weighted by Crippen LogP contribution is -2.24. The summed E-state index contributed by atoms with van der Waals surface area (Å²) in [5.74, 6) is 1.78. The van der Waals surface area contributed by atoms with E-state index in [0.717, 1.165) is 24.9 Å². The molecule has 2 aromatic rings. The second-order valence-corrected chi connectivity index (χ2v) is 7.99. The quantitative estimate of drug-likeness (QED) is 0.389. The zero-order valence-electron chi connectivity index (χ0n) is 16.0. The van der Waals surface area contributed by atoms with Gasteiger partial charge < -0.3 is 4.90 Å². The molecule has 0 spiro atoms. The monoisotopic (exact) mass is 385 g/mol. The molecule has 0 bridgehead atoms. The summed E-state index contributed by atoms with van der Waals surface area (Å²) in [4.78, 5) is 6.63. The summed E-state index contributed by atoms with van der Waals surface area (Å²) in [6.45, 7) is 0. The van der Waals surface area contributed by atoms with Crippen molar-refractivity contribution < 1.29 is 5.21 Å². The highest BCUT2D eigenvalue weighted by atomic mass is 35.5. The van der Waals surface area contributed by atoms with Crippen LogP contribution in [0.25, 0.3) is 0 Å². The van der Waals surface area contributed by atoms with Crippen LogP contribution in [0.4, 0.5) is 11.4 Å². The molecule has 0 saturated heterocycles. The van der Waals surface area contributed by atoms with Gasteiger partial charge in [0.2, 0.25) is 0 Å². The number of halogens is 1. The average Bonchev–Trinajstić information content (AvgIpc) is 2.68. The van der Waals surface area contributed by atoms with E-state index in [1.54, 1.807) is 6.07 Å². The van der Waals surface area contributed by atoms with Crippen molar-refractivity contribution in [1.29, 1.82) is 0 Å². The Hall–Kier alpha value is -2.04. The lowest BCUT2D eigenvalue weighted by Gasteiger charge is -2.29. The van der Waals surface area contributed by atoms with E-state index in [1.807, 2.05) is 18.2 Å². The number of anilines is 1. The first-order valence-corrected chi connectivity index (χ1v) is 9.93. The summed E-state index contributed by atoms with van der Waals surface area (Å²) in [6, 6.07) is 16.3. The molecule has 144 valence electrons. The smallest absolute Gasteiger partial charge is 0.126 e. The Morgan fingerprint density at radius 3 is 2.41 bits per heavy atom. The van der Waals surface area contributed by atoms with E-state index in [2.05, 4.69) is 53.7 Å². The van der Waals surface area contributed by atoms with E-state index < -0.39 is 0 Å². The van der Waals surface area contributed by atoms with Crippen molar-refractivity contribution in [3.63, 3.8) is 0 Å². The van der Waals surface area contributed by atoms with Crippen molar-refractivity contribution in [3.05, 3.63) is 59.1 Å². The molecule has 2 aromatic carbocycles. The minimum Gasteiger partial charge on any atom is -0.378 e. The average molecular weight is 386 g/mol. The molecule has 27 heavy (non-hydrogen) atoms. The van der Waals surface area contributed by atoms with Crippen LogP contribution in [0.5, 0.6) is 0 Å². The number of nitrogens with one attached hydrogen (secondary N) is 1. The molecule has 1 aliphatic rings. The van der Waals surface area contributed by atoms with E-state index in [4.69, 9.17) is 11.6 Å². The third-order valence-electron chi connectivity index (χ3n) is 5.41. The molecular formula is C22H28ClN3O. The van der Waals surface area contributed by atoms with Gasteiger partial charge in [0.1, 0.15) is 5.84 Å². The topological polar surface area (TPSA) is 47.9 Å². The van der Waals surface area contributed by atoms with Crippen molar-refractivity contribution in [2.24, 2.45) is 10.9 Å². The minimum atomic E-state index is 0.542. The highest BCUT2D eigenvalue weighted by molar-refractivity contribution is 6.30. The molecule has 0 aliphatic heterocycles. The Balaban J connectivity index is 1.56. The summed E-state index contributed by atoms with van der Waals surface area (Å²) in [6.07, 6.45) is 5.42. The van der Waals surface area contributed by atoms with Gasteiger partial charge in [-0.2, -0.15) is 0 Å². The van der Waals surface area contributed by atoms with Gasteiger partial charge >= 0.3 is 0 Å². The van der Waals surface area contributed by atoms with E-state index in [-0.39, 0.29) is 0 Å². The molecule has 0 heterocycles. The predicted octanol–water partition coefficient (Wildman–Crippen LogP) is 5.78. The molecule has 0 radical (unpaired) electrons. The largest absolute Gasteiger partial charge is 0.378 e. The number of nitrogens with zero attached hydrogens (tertiary/aromatic N) is 2. The summed E-state index contributed by atoms with van der Waals surface area (Å²) < 4.78 is 0. The molecule has 0 atom stereocenters. The summed E-state index contributed by atoms with van der Waals surface area (Å²) in [7, 11) is 4.13. The van der Waals surface area contributed by atoms with Crippen LogP contribution in [0.1, 0.15) is 43.6 Å². The number of aliphatic imine (C=N–C) groups is 1. The molecule has 0 unspecified atom stereocenters. The summed E-state index contributed by atoms with van der Waals surface area (Å²) in [5.41, 5.74) is 5.71. The second kappa shape index (κ2) is 9.25. The lowest BCUT2D eigenvalue weighted by molar-refractivity contribution is 0.226. The molecule has 1 saturated carbocycles. The van der Waals surface area contributed by atoms with Gasteiger partial charge in [0.15, 0.2) is 0 Å². The van der Waals surface area contributed by atoms with Crippen LogP contribution in [-0.2, 0) is 0 Å². The maximum atomic E-state index is 9.47. The Kier molecular flexibility index (Phi) is 6.75. The number of benzene rings is 2. The summed E-state index contributed by atoms with van der Waals surface area (Å²) in [5, 5.41) is 10.1. The highest BCUT2D eigenvalue weighted by Gasteiger charge is 2.23. The highest BCUT2D eigenvalue weighted by Crippen LogP contribution is 2.37. The van der Waals surface area contributed by atoms with Crippen molar-refractivity contribution in [2.75, 3.05) is 19.0 Å². The fourth-order valence-corrected chi connectivity index (χ4v) is 4.02. The maximum absolute atomic E-state index is 9.47. The zero-order valence-corrected chi connectivity index (χ0v) is 16.8. The Morgan fingerprint density at radius 2 is 1.81 bits per heavy atom. The van der Waals surface area contributed by atoms with Gasteiger partial charge in [-0.1, -0.05) is 29.8 Å². The minimum absolute atomic E-state index is 0.542. The van der Waals surface area contributed by atoms with Crippen LogP contribution in [0.15, 0.2) is 53.5 Å². The van der Waals surface area contributed by atoms with Crippen LogP contribution in [0.3, 0.4) is 0 Å². The van der Waals surface area contributed by atoms with Gasteiger partial charge in [-0.25, -0.2) is 4.99 Å². The van der Waals surface area contributed by atoms with Crippen LogP contribution in [0.2, 0.25) is 5.02 Å². The number of rotatable bonds is 5. The first-order valence-electron chi connectivity index (χ1n) is 9.55. The number of amidine groups is 1. The van der Waals surface area contributed by atoms with E-state index in [9.17, 15) is 5.21 Å². The van der Waals surface area contributed by atoms with E-state index in [0.29, 0.717) is 22.7 Å². The molecule has 2 N–H and O–H groups in total. The molecule has 3 rings (SSSR count). The van der Waals surface area contributed by atoms with Crippen LogP contribution in [-0.4, -0.2) is 25.1 Å². The fourth-order valence-electron chi connectivity index (χ4n) is 3.84. The van der Waals surface area contributed by atoms with Crippen LogP contribution >= 0.6 is 11.6 Å². The SMILES string of the molecule is CN(C)c1ccc(C2CCC(CC(=Nc3cccc(Cl)c3)NO)CC2)cc1. The maximum Gasteiger partial charge on any atom is 0.126 e. The normalized spacial score (nSPS) is 20.4. The van der Waals surface area contributed by atoms with Crippen LogP contribution in [0, 0.1) is 5.92 Å².